The van der Waals surface area contributed by atoms with E-state index in [0.29, 0.717) is 18.6 Å². The molecule has 1 aromatic rings. The molecule has 2 N–H and O–H groups in total. The first-order valence-electron chi connectivity index (χ1n) is 6.20. The SMILES string of the molecule is COCc1ccc(C(=O)NNC(=O)CC(C)C)cc1. The zero-order chi connectivity index (χ0) is 14.3. The van der Waals surface area contributed by atoms with Crippen LogP contribution in [0.1, 0.15) is 36.2 Å². The van der Waals surface area contributed by atoms with E-state index in [1.54, 1.807) is 19.2 Å². The predicted octanol–water partition coefficient (Wildman–Crippen LogP) is 1.64. The van der Waals surface area contributed by atoms with Crippen LogP contribution in [0.15, 0.2) is 24.3 Å². The van der Waals surface area contributed by atoms with Crippen molar-refractivity contribution in [2.45, 2.75) is 26.9 Å². The highest BCUT2D eigenvalue weighted by atomic mass is 16.5. The number of amides is 2. The second kappa shape index (κ2) is 7.53. The molecule has 0 atom stereocenters. The minimum atomic E-state index is -0.332. The maximum atomic E-state index is 11.7. The molecule has 0 aromatic heterocycles. The van der Waals surface area contributed by atoms with Gasteiger partial charge in [0.25, 0.3) is 5.91 Å². The van der Waals surface area contributed by atoms with Crippen LogP contribution in [0, 0.1) is 5.92 Å². The topological polar surface area (TPSA) is 67.4 Å². The highest BCUT2D eigenvalue weighted by Crippen LogP contribution is 2.05. The number of rotatable bonds is 5. The minimum Gasteiger partial charge on any atom is -0.380 e. The van der Waals surface area contributed by atoms with Gasteiger partial charge in [-0.3, -0.25) is 20.4 Å². The molecule has 0 fully saturated rings. The number of carbonyl (C=O) groups excluding carboxylic acids is 2. The molecule has 5 heteroatoms. The zero-order valence-corrected chi connectivity index (χ0v) is 11.5. The van der Waals surface area contributed by atoms with Gasteiger partial charge in [-0.15, -0.1) is 0 Å². The van der Waals surface area contributed by atoms with Crippen molar-refractivity contribution in [3.05, 3.63) is 35.4 Å². The lowest BCUT2D eigenvalue weighted by molar-refractivity contribution is -0.122. The Morgan fingerprint density at radius 1 is 1.16 bits per heavy atom. The highest BCUT2D eigenvalue weighted by molar-refractivity contribution is 5.95. The number of carbonyl (C=O) groups is 2. The van der Waals surface area contributed by atoms with Crippen molar-refractivity contribution in [3.8, 4) is 0 Å². The normalized spacial score (nSPS) is 10.3. The summed E-state index contributed by atoms with van der Waals surface area (Å²) in [5, 5.41) is 0. The van der Waals surface area contributed by atoms with E-state index < -0.39 is 0 Å². The van der Waals surface area contributed by atoms with Gasteiger partial charge in [-0.1, -0.05) is 26.0 Å². The van der Waals surface area contributed by atoms with E-state index in [9.17, 15) is 9.59 Å². The van der Waals surface area contributed by atoms with Gasteiger partial charge in [-0.2, -0.15) is 0 Å². The Labute approximate surface area is 113 Å². The van der Waals surface area contributed by atoms with E-state index in [1.165, 1.54) is 0 Å². The third-order valence-electron chi connectivity index (χ3n) is 2.44. The van der Waals surface area contributed by atoms with Crippen molar-refractivity contribution in [2.75, 3.05) is 7.11 Å². The molecule has 0 unspecified atom stereocenters. The van der Waals surface area contributed by atoms with Crippen LogP contribution in [-0.2, 0) is 16.1 Å². The summed E-state index contributed by atoms with van der Waals surface area (Å²) in [5.41, 5.74) is 6.25. The smallest absolute Gasteiger partial charge is 0.269 e. The van der Waals surface area contributed by atoms with E-state index in [-0.39, 0.29) is 17.7 Å². The molecule has 0 saturated heterocycles. The molecule has 2 amide bonds. The van der Waals surface area contributed by atoms with Crippen LogP contribution in [0.2, 0.25) is 0 Å². The summed E-state index contributed by atoms with van der Waals surface area (Å²) in [6, 6.07) is 7.01. The molecule has 0 aliphatic rings. The van der Waals surface area contributed by atoms with E-state index in [4.69, 9.17) is 4.74 Å². The first-order chi connectivity index (χ1) is 9.02. The molecule has 0 aliphatic heterocycles. The van der Waals surface area contributed by atoms with Crippen molar-refractivity contribution >= 4 is 11.8 Å². The molecular weight excluding hydrogens is 244 g/mol. The van der Waals surface area contributed by atoms with Gasteiger partial charge in [0.2, 0.25) is 5.91 Å². The van der Waals surface area contributed by atoms with Crippen molar-refractivity contribution in [2.24, 2.45) is 5.92 Å². The van der Waals surface area contributed by atoms with Crippen molar-refractivity contribution in [1.29, 1.82) is 0 Å². The lowest BCUT2D eigenvalue weighted by Gasteiger charge is -2.09. The predicted molar refractivity (Wildman–Crippen MR) is 72.2 cm³/mol. The standard InChI is InChI=1S/C14H20N2O3/c1-10(2)8-13(17)15-16-14(18)12-6-4-11(5-7-12)9-19-3/h4-7,10H,8-9H2,1-3H3,(H,15,17)(H,16,18). The van der Waals surface area contributed by atoms with Gasteiger partial charge in [0, 0.05) is 19.1 Å². The largest absolute Gasteiger partial charge is 0.380 e. The first kappa shape index (κ1) is 15.2. The molecule has 0 heterocycles. The summed E-state index contributed by atoms with van der Waals surface area (Å²) < 4.78 is 4.99. The Bertz CT molecular complexity index is 427. The van der Waals surface area contributed by atoms with Gasteiger partial charge < -0.3 is 4.74 Å². The summed E-state index contributed by atoms with van der Waals surface area (Å²) in [7, 11) is 1.62. The molecule has 104 valence electrons. The third kappa shape index (κ3) is 5.52. The van der Waals surface area contributed by atoms with E-state index in [2.05, 4.69) is 10.9 Å². The number of hydrogen-bond donors (Lipinski definition) is 2. The average molecular weight is 264 g/mol. The third-order valence-corrected chi connectivity index (χ3v) is 2.44. The van der Waals surface area contributed by atoms with Gasteiger partial charge in [0.15, 0.2) is 0 Å². The fourth-order valence-corrected chi connectivity index (χ4v) is 1.54. The highest BCUT2D eigenvalue weighted by Gasteiger charge is 2.08. The summed E-state index contributed by atoms with van der Waals surface area (Å²) in [6.07, 6.45) is 0.382. The van der Waals surface area contributed by atoms with Gasteiger partial charge in [-0.05, 0) is 23.6 Å². The Balaban J connectivity index is 2.47. The number of hydrazine groups is 1. The van der Waals surface area contributed by atoms with Crippen LogP contribution >= 0.6 is 0 Å². The van der Waals surface area contributed by atoms with Crippen molar-refractivity contribution in [1.82, 2.24) is 10.9 Å². The van der Waals surface area contributed by atoms with Crippen LogP contribution < -0.4 is 10.9 Å². The van der Waals surface area contributed by atoms with Crippen LogP contribution in [0.5, 0.6) is 0 Å². The van der Waals surface area contributed by atoms with Crippen molar-refractivity contribution in [3.63, 3.8) is 0 Å². The number of nitrogens with one attached hydrogen (secondary N) is 2. The Hall–Kier alpha value is -1.88. The molecule has 0 spiro atoms. The number of ether oxygens (including phenoxy) is 1. The zero-order valence-electron chi connectivity index (χ0n) is 11.5. The molecule has 0 saturated carbocycles. The summed E-state index contributed by atoms with van der Waals surface area (Å²) in [6.45, 7) is 4.39. The molecule has 0 radical (unpaired) electrons. The maximum absolute atomic E-state index is 11.7. The summed E-state index contributed by atoms with van der Waals surface area (Å²) in [5.74, 6) is -0.273. The van der Waals surface area contributed by atoms with Crippen LogP contribution in [0.25, 0.3) is 0 Å². The van der Waals surface area contributed by atoms with Crippen LogP contribution in [0.4, 0.5) is 0 Å². The number of hydrogen-bond acceptors (Lipinski definition) is 3. The van der Waals surface area contributed by atoms with Gasteiger partial charge in [-0.25, -0.2) is 0 Å². The quantitative estimate of drug-likeness (QED) is 0.794. The van der Waals surface area contributed by atoms with E-state index >= 15 is 0 Å². The monoisotopic (exact) mass is 264 g/mol. The lowest BCUT2D eigenvalue weighted by atomic mass is 10.1. The molecule has 19 heavy (non-hydrogen) atoms. The van der Waals surface area contributed by atoms with Crippen LogP contribution in [-0.4, -0.2) is 18.9 Å². The fraction of sp³-hybridized carbons (Fsp3) is 0.429. The maximum Gasteiger partial charge on any atom is 0.269 e. The summed E-state index contributed by atoms with van der Waals surface area (Å²) in [4.78, 5) is 23.1. The van der Waals surface area contributed by atoms with E-state index in [0.717, 1.165) is 5.56 Å². The lowest BCUT2D eigenvalue weighted by Crippen LogP contribution is -2.42. The molecule has 0 bridgehead atoms. The Kier molecular flexibility index (Phi) is 6.02. The van der Waals surface area contributed by atoms with Crippen molar-refractivity contribution < 1.29 is 14.3 Å². The second-order valence-electron chi connectivity index (χ2n) is 4.73. The molecule has 1 rings (SSSR count). The molecule has 0 aliphatic carbocycles. The van der Waals surface area contributed by atoms with E-state index in [1.807, 2.05) is 26.0 Å². The molecular formula is C14H20N2O3. The Morgan fingerprint density at radius 2 is 1.79 bits per heavy atom. The van der Waals surface area contributed by atoms with Gasteiger partial charge >= 0.3 is 0 Å². The second-order valence-corrected chi connectivity index (χ2v) is 4.73. The minimum absolute atomic E-state index is 0.195. The first-order valence-corrected chi connectivity index (χ1v) is 6.20. The number of benzene rings is 1. The molecule has 1 aromatic carbocycles. The average Bonchev–Trinajstić information content (AvgIpc) is 2.36. The fourth-order valence-electron chi connectivity index (χ4n) is 1.54. The van der Waals surface area contributed by atoms with Gasteiger partial charge in [0.05, 0.1) is 6.61 Å². The summed E-state index contributed by atoms with van der Waals surface area (Å²) >= 11 is 0. The van der Waals surface area contributed by atoms with Crippen LogP contribution in [0.3, 0.4) is 0 Å². The van der Waals surface area contributed by atoms with Gasteiger partial charge in [0.1, 0.15) is 0 Å². The molecule has 5 nitrogen and oxygen atoms in total. The Morgan fingerprint density at radius 3 is 2.32 bits per heavy atom. The number of methoxy groups -OCH3 is 1.